The van der Waals surface area contributed by atoms with Crippen molar-refractivity contribution in [3.8, 4) is 0 Å². The predicted octanol–water partition coefficient (Wildman–Crippen LogP) is 3.27. The molecular formula is C24H24N4O3. The molecule has 0 radical (unpaired) electrons. The molecule has 0 bridgehead atoms. The number of hydrogen-bond donors (Lipinski definition) is 0. The number of carbonyl (C=O) groups is 1. The minimum atomic E-state index is -0.246. The van der Waals surface area contributed by atoms with Crippen molar-refractivity contribution < 1.29 is 9.53 Å². The maximum absolute atomic E-state index is 13.4. The van der Waals surface area contributed by atoms with Gasteiger partial charge in [0.05, 0.1) is 35.7 Å². The van der Waals surface area contributed by atoms with Gasteiger partial charge in [-0.2, -0.15) is 0 Å². The van der Waals surface area contributed by atoms with E-state index in [0.717, 1.165) is 18.4 Å². The molecule has 4 aromatic rings. The molecule has 0 spiro atoms. The molecular weight excluding hydrogens is 392 g/mol. The third-order valence-corrected chi connectivity index (χ3v) is 5.97. The number of ether oxygens (including phenoxy) is 1. The van der Waals surface area contributed by atoms with Gasteiger partial charge in [-0.15, -0.1) is 0 Å². The monoisotopic (exact) mass is 416 g/mol. The second-order valence-electron chi connectivity index (χ2n) is 7.85. The van der Waals surface area contributed by atoms with E-state index in [9.17, 15) is 9.59 Å². The maximum atomic E-state index is 13.4. The number of fused-ring (bicyclic) bond motifs is 2. The Morgan fingerprint density at radius 1 is 1.19 bits per heavy atom. The molecule has 1 atom stereocenters. The van der Waals surface area contributed by atoms with E-state index in [0.29, 0.717) is 42.0 Å². The van der Waals surface area contributed by atoms with Gasteiger partial charge in [0.2, 0.25) is 0 Å². The van der Waals surface area contributed by atoms with Crippen LogP contribution in [0.2, 0.25) is 0 Å². The molecule has 1 fully saturated rings. The molecule has 7 nitrogen and oxygen atoms in total. The molecule has 3 aromatic heterocycles. The number of nitrogens with zero attached hydrogens (tertiary/aromatic N) is 4. The van der Waals surface area contributed by atoms with Crippen LogP contribution in [0, 0.1) is 0 Å². The number of para-hydroxylation sites is 1. The van der Waals surface area contributed by atoms with Crippen LogP contribution in [0.25, 0.3) is 16.4 Å². The standard InChI is InChI=1S/C24H24N4O3/c1-31-14-13-28-22(25-20-9-3-2-8-19(20)24(28)30)21-10-6-12-27(21)23(29)17-15-18-7-4-5-11-26(18)16-17/h2-5,7-9,11,15-16,21H,6,10,12-14H2,1H3. The number of methoxy groups -OCH3 is 1. The molecule has 1 aliphatic heterocycles. The summed E-state index contributed by atoms with van der Waals surface area (Å²) >= 11 is 0. The van der Waals surface area contributed by atoms with Crippen LogP contribution >= 0.6 is 0 Å². The van der Waals surface area contributed by atoms with Crippen molar-refractivity contribution in [3.63, 3.8) is 0 Å². The van der Waals surface area contributed by atoms with Crippen molar-refractivity contribution in [2.24, 2.45) is 0 Å². The largest absolute Gasteiger partial charge is 0.383 e. The summed E-state index contributed by atoms with van der Waals surface area (Å²) in [5.41, 5.74) is 2.18. The fourth-order valence-corrected chi connectivity index (χ4v) is 4.45. The van der Waals surface area contributed by atoms with E-state index in [1.54, 1.807) is 17.7 Å². The molecule has 1 aliphatic rings. The SMILES string of the molecule is COCCn1c(C2CCCN2C(=O)c2cc3ccccn3c2)nc2ccccc2c1=O. The van der Waals surface area contributed by atoms with E-state index in [2.05, 4.69) is 0 Å². The van der Waals surface area contributed by atoms with Crippen molar-refractivity contribution >= 4 is 22.3 Å². The van der Waals surface area contributed by atoms with Crippen molar-refractivity contribution in [3.05, 3.63) is 82.7 Å². The van der Waals surface area contributed by atoms with Crippen molar-refractivity contribution in [2.45, 2.75) is 25.4 Å². The zero-order valence-electron chi connectivity index (χ0n) is 17.4. The van der Waals surface area contributed by atoms with E-state index in [1.807, 2.05) is 64.2 Å². The van der Waals surface area contributed by atoms with Crippen LogP contribution in [0.3, 0.4) is 0 Å². The van der Waals surface area contributed by atoms with Gasteiger partial charge in [0, 0.05) is 31.6 Å². The topological polar surface area (TPSA) is 68.8 Å². The van der Waals surface area contributed by atoms with Gasteiger partial charge >= 0.3 is 0 Å². The number of benzene rings is 1. The Morgan fingerprint density at radius 3 is 2.87 bits per heavy atom. The number of amides is 1. The molecule has 0 N–H and O–H groups in total. The zero-order chi connectivity index (χ0) is 21.4. The van der Waals surface area contributed by atoms with Gasteiger partial charge in [-0.3, -0.25) is 14.2 Å². The fraction of sp³-hybridized carbons (Fsp3) is 0.292. The minimum absolute atomic E-state index is 0.0353. The molecule has 0 aliphatic carbocycles. The second kappa shape index (κ2) is 8.00. The third kappa shape index (κ3) is 3.41. The summed E-state index contributed by atoms with van der Waals surface area (Å²) in [7, 11) is 1.61. The summed E-state index contributed by atoms with van der Waals surface area (Å²) in [4.78, 5) is 33.4. The highest BCUT2D eigenvalue weighted by Gasteiger charge is 2.34. The number of carbonyl (C=O) groups excluding carboxylic acids is 1. The van der Waals surface area contributed by atoms with Crippen LogP contribution < -0.4 is 5.56 Å². The first-order chi connectivity index (χ1) is 15.2. The molecule has 5 rings (SSSR count). The number of rotatable bonds is 5. The highest BCUT2D eigenvalue weighted by molar-refractivity contribution is 5.96. The molecule has 7 heteroatoms. The lowest BCUT2D eigenvalue weighted by molar-refractivity contribution is 0.0725. The van der Waals surface area contributed by atoms with Crippen molar-refractivity contribution in [2.75, 3.05) is 20.3 Å². The van der Waals surface area contributed by atoms with Gasteiger partial charge in [0.25, 0.3) is 11.5 Å². The first kappa shape index (κ1) is 19.5. The summed E-state index contributed by atoms with van der Waals surface area (Å²) in [6.07, 6.45) is 5.44. The Kier molecular flexibility index (Phi) is 5.03. The second-order valence-corrected chi connectivity index (χ2v) is 7.85. The molecule has 1 unspecified atom stereocenters. The summed E-state index contributed by atoms with van der Waals surface area (Å²) < 4.78 is 8.86. The molecule has 4 heterocycles. The van der Waals surface area contributed by atoms with Gasteiger partial charge in [-0.05, 0) is 43.2 Å². The van der Waals surface area contributed by atoms with E-state index in [1.165, 1.54) is 0 Å². The molecule has 1 aromatic carbocycles. The van der Waals surface area contributed by atoms with E-state index in [4.69, 9.17) is 9.72 Å². The van der Waals surface area contributed by atoms with Gasteiger partial charge in [0.15, 0.2) is 0 Å². The van der Waals surface area contributed by atoms with Crippen LogP contribution in [-0.4, -0.2) is 45.0 Å². The summed E-state index contributed by atoms with van der Waals surface area (Å²) in [6.45, 7) is 1.44. The Labute approximate surface area is 179 Å². The first-order valence-corrected chi connectivity index (χ1v) is 10.5. The number of aromatic nitrogens is 3. The van der Waals surface area contributed by atoms with Crippen LogP contribution in [0.4, 0.5) is 0 Å². The molecule has 0 saturated carbocycles. The Bertz CT molecular complexity index is 1290. The van der Waals surface area contributed by atoms with Gasteiger partial charge in [-0.25, -0.2) is 4.98 Å². The van der Waals surface area contributed by atoms with Crippen LogP contribution in [-0.2, 0) is 11.3 Å². The normalized spacial score (nSPS) is 16.4. The van der Waals surface area contributed by atoms with E-state index < -0.39 is 0 Å². The number of hydrogen-bond acceptors (Lipinski definition) is 4. The smallest absolute Gasteiger partial charge is 0.261 e. The molecule has 1 amide bonds. The van der Waals surface area contributed by atoms with E-state index >= 15 is 0 Å². The first-order valence-electron chi connectivity index (χ1n) is 10.5. The summed E-state index contributed by atoms with van der Waals surface area (Å²) in [5.74, 6) is 0.599. The highest BCUT2D eigenvalue weighted by Crippen LogP contribution is 2.32. The Hall–Kier alpha value is -3.45. The summed E-state index contributed by atoms with van der Waals surface area (Å²) in [6, 6.07) is 14.9. The van der Waals surface area contributed by atoms with Crippen LogP contribution in [0.15, 0.2) is 65.7 Å². The summed E-state index contributed by atoms with van der Waals surface area (Å²) in [5, 5.41) is 0.580. The van der Waals surface area contributed by atoms with Crippen LogP contribution in [0.5, 0.6) is 0 Å². The maximum Gasteiger partial charge on any atom is 0.261 e. The van der Waals surface area contributed by atoms with Crippen molar-refractivity contribution in [1.29, 1.82) is 0 Å². The quantitative estimate of drug-likeness (QED) is 0.501. The number of likely N-dealkylation sites (tertiary alicyclic amines) is 1. The predicted molar refractivity (Wildman–Crippen MR) is 118 cm³/mol. The molecule has 1 saturated heterocycles. The number of pyridine rings is 1. The fourth-order valence-electron chi connectivity index (χ4n) is 4.45. The van der Waals surface area contributed by atoms with Crippen LogP contribution in [0.1, 0.15) is 35.1 Å². The molecule has 158 valence electrons. The van der Waals surface area contributed by atoms with Crippen molar-refractivity contribution in [1.82, 2.24) is 18.9 Å². The average molecular weight is 416 g/mol. The minimum Gasteiger partial charge on any atom is -0.383 e. The lowest BCUT2D eigenvalue weighted by Crippen LogP contribution is -2.36. The van der Waals surface area contributed by atoms with E-state index in [-0.39, 0.29) is 17.5 Å². The Morgan fingerprint density at radius 2 is 2.03 bits per heavy atom. The van der Waals surface area contributed by atoms with Gasteiger partial charge < -0.3 is 14.0 Å². The lowest BCUT2D eigenvalue weighted by atomic mass is 10.1. The highest BCUT2D eigenvalue weighted by atomic mass is 16.5. The van der Waals surface area contributed by atoms with Gasteiger partial charge in [-0.1, -0.05) is 18.2 Å². The zero-order valence-corrected chi connectivity index (χ0v) is 17.4. The van der Waals surface area contributed by atoms with Gasteiger partial charge in [0.1, 0.15) is 5.82 Å². The third-order valence-electron chi connectivity index (χ3n) is 5.97. The molecule has 31 heavy (non-hydrogen) atoms. The Balaban J connectivity index is 1.58. The average Bonchev–Trinajstić information content (AvgIpc) is 3.45. The lowest BCUT2D eigenvalue weighted by Gasteiger charge is -2.26.